The van der Waals surface area contributed by atoms with Crippen LogP contribution in [0.2, 0.25) is 0 Å². The molecule has 0 amide bonds. The van der Waals surface area contributed by atoms with Crippen molar-refractivity contribution in [3.63, 3.8) is 0 Å². The van der Waals surface area contributed by atoms with Crippen molar-refractivity contribution in [3.8, 4) is 0 Å². The van der Waals surface area contributed by atoms with E-state index >= 15 is 0 Å². The molecule has 1 aromatic heterocycles. The van der Waals surface area contributed by atoms with Gasteiger partial charge in [0.1, 0.15) is 4.90 Å². The van der Waals surface area contributed by atoms with Crippen molar-refractivity contribution < 1.29 is 13.5 Å². The average molecular weight is 318 g/mol. The standard InChI is InChI=1S/C13H26N4O3S/c1-3-7-16(4-2)9-6-15-21(19,20)13-11-14-17(12-13)8-5-10-18/h11-12,15,18H,3-10H2,1-2H3. The third kappa shape index (κ3) is 6.13. The second kappa shape index (κ2) is 9.14. The number of aliphatic hydroxyl groups excluding tert-OH is 1. The summed E-state index contributed by atoms with van der Waals surface area (Å²) in [7, 11) is -3.51. The quantitative estimate of drug-likeness (QED) is 0.612. The molecule has 0 atom stereocenters. The van der Waals surface area contributed by atoms with Crippen LogP contribution in [0, 0.1) is 0 Å². The van der Waals surface area contributed by atoms with Gasteiger partial charge in [0.2, 0.25) is 10.0 Å². The molecule has 0 saturated heterocycles. The van der Waals surface area contributed by atoms with Crippen molar-refractivity contribution in [3.05, 3.63) is 12.4 Å². The molecule has 0 aliphatic heterocycles. The molecule has 2 N–H and O–H groups in total. The van der Waals surface area contributed by atoms with Gasteiger partial charge in [-0.05, 0) is 25.9 Å². The molecule has 8 heteroatoms. The molecule has 0 aliphatic carbocycles. The highest BCUT2D eigenvalue weighted by molar-refractivity contribution is 7.89. The molecule has 122 valence electrons. The van der Waals surface area contributed by atoms with Gasteiger partial charge in [0, 0.05) is 32.4 Å². The van der Waals surface area contributed by atoms with Crippen LogP contribution in [0.4, 0.5) is 0 Å². The molecule has 0 radical (unpaired) electrons. The largest absolute Gasteiger partial charge is 0.396 e. The molecule has 0 unspecified atom stereocenters. The summed E-state index contributed by atoms with van der Waals surface area (Å²) in [6.45, 7) is 7.70. The summed E-state index contributed by atoms with van der Waals surface area (Å²) in [5.74, 6) is 0. The van der Waals surface area contributed by atoms with Gasteiger partial charge >= 0.3 is 0 Å². The van der Waals surface area contributed by atoms with Gasteiger partial charge in [0.15, 0.2) is 0 Å². The lowest BCUT2D eigenvalue weighted by molar-refractivity contribution is 0.277. The Morgan fingerprint density at radius 1 is 1.38 bits per heavy atom. The molecule has 1 rings (SSSR count). The first-order valence-electron chi connectivity index (χ1n) is 7.38. The Labute approximate surface area is 127 Å². The Balaban J connectivity index is 2.51. The van der Waals surface area contributed by atoms with Gasteiger partial charge in [-0.25, -0.2) is 13.1 Å². The van der Waals surface area contributed by atoms with Crippen molar-refractivity contribution in [1.82, 2.24) is 19.4 Å². The highest BCUT2D eigenvalue weighted by Gasteiger charge is 2.16. The van der Waals surface area contributed by atoms with E-state index in [-0.39, 0.29) is 11.5 Å². The van der Waals surface area contributed by atoms with Crippen LogP contribution in [0.25, 0.3) is 0 Å². The number of rotatable bonds is 11. The number of nitrogens with one attached hydrogen (secondary N) is 1. The van der Waals surface area contributed by atoms with Gasteiger partial charge in [-0.3, -0.25) is 4.68 Å². The van der Waals surface area contributed by atoms with Crippen molar-refractivity contribution in [2.24, 2.45) is 0 Å². The molecule has 0 spiro atoms. The van der Waals surface area contributed by atoms with E-state index in [2.05, 4.69) is 28.6 Å². The lowest BCUT2D eigenvalue weighted by Crippen LogP contribution is -2.35. The molecule has 0 aromatic carbocycles. The number of likely N-dealkylation sites (N-methyl/N-ethyl adjacent to an activating group) is 1. The minimum Gasteiger partial charge on any atom is -0.396 e. The zero-order valence-corrected chi connectivity index (χ0v) is 13.6. The van der Waals surface area contributed by atoms with E-state index in [1.54, 1.807) is 0 Å². The van der Waals surface area contributed by atoms with E-state index in [4.69, 9.17) is 5.11 Å². The molecule has 7 nitrogen and oxygen atoms in total. The Bertz CT molecular complexity index is 501. The summed E-state index contributed by atoms with van der Waals surface area (Å²) in [6, 6.07) is 0. The molecule has 21 heavy (non-hydrogen) atoms. The maximum Gasteiger partial charge on any atom is 0.243 e. The molecular weight excluding hydrogens is 292 g/mol. The number of hydrogen-bond acceptors (Lipinski definition) is 5. The monoisotopic (exact) mass is 318 g/mol. The summed E-state index contributed by atoms with van der Waals surface area (Å²) in [5, 5.41) is 12.7. The molecule has 0 aliphatic rings. The molecule has 0 fully saturated rings. The molecule has 0 bridgehead atoms. The topological polar surface area (TPSA) is 87.5 Å². The second-order valence-electron chi connectivity index (χ2n) is 4.85. The maximum atomic E-state index is 12.1. The van der Waals surface area contributed by atoms with E-state index in [0.717, 1.165) is 19.5 Å². The fourth-order valence-corrected chi connectivity index (χ4v) is 2.98. The Hall–Kier alpha value is -0.960. The normalized spacial score (nSPS) is 12.2. The van der Waals surface area contributed by atoms with Crippen molar-refractivity contribution >= 4 is 10.0 Å². The Morgan fingerprint density at radius 2 is 2.14 bits per heavy atom. The summed E-state index contributed by atoms with van der Waals surface area (Å²) in [5.41, 5.74) is 0. The van der Waals surface area contributed by atoms with Crippen LogP contribution in [-0.2, 0) is 16.6 Å². The first-order chi connectivity index (χ1) is 10.0. The average Bonchev–Trinajstić information content (AvgIpc) is 2.93. The third-order valence-electron chi connectivity index (χ3n) is 3.17. The van der Waals surface area contributed by atoms with Crippen LogP contribution in [0.3, 0.4) is 0 Å². The number of aromatic nitrogens is 2. The van der Waals surface area contributed by atoms with Crippen molar-refractivity contribution in [1.29, 1.82) is 0 Å². The predicted octanol–water partition coefficient (Wildman–Crippen LogP) is 0.276. The molecule has 1 heterocycles. The van der Waals surface area contributed by atoms with Crippen LogP contribution in [0.5, 0.6) is 0 Å². The lowest BCUT2D eigenvalue weighted by Gasteiger charge is -2.19. The van der Waals surface area contributed by atoms with E-state index < -0.39 is 10.0 Å². The van der Waals surface area contributed by atoms with Crippen LogP contribution in [0.15, 0.2) is 17.3 Å². The van der Waals surface area contributed by atoms with E-state index in [0.29, 0.717) is 26.1 Å². The van der Waals surface area contributed by atoms with Crippen LogP contribution >= 0.6 is 0 Å². The van der Waals surface area contributed by atoms with E-state index in [1.807, 2.05) is 0 Å². The van der Waals surface area contributed by atoms with Crippen molar-refractivity contribution in [2.45, 2.75) is 38.1 Å². The van der Waals surface area contributed by atoms with Crippen LogP contribution in [0.1, 0.15) is 26.7 Å². The number of sulfonamides is 1. The number of aliphatic hydroxyl groups is 1. The van der Waals surface area contributed by atoms with Gasteiger partial charge in [-0.15, -0.1) is 0 Å². The van der Waals surface area contributed by atoms with E-state index in [9.17, 15) is 8.42 Å². The van der Waals surface area contributed by atoms with E-state index in [1.165, 1.54) is 17.1 Å². The zero-order chi connectivity index (χ0) is 15.7. The Morgan fingerprint density at radius 3 is 2.76 bits per heavy atom. The van der Waals surface area contributed by atoms with Gasteiger partial charge in [-0.2, -0.15) is 5.10 Å². The SMILES string of the molecule is CCCN(CC)CCNS(=O)(=O)c1cnn(CCCO)c1. The fraction of sp³-hybridized carbons (Fsp3) is 0.769. The zero-order valence-electron chi connectivity index (χ0n) is 12.8. The first-order valence-corrected chi connectivity index (χ1v) is 8.87. The highest BCUT2D eigenvalue weighted by atomic mass is 32.2. The minimum absolute atomic E-state index is 0.0600. The minimum atomic E-state index is -3.51. The van der Waals surface area contributed by atoms with Gasteiger partial charge in [0.25, 0.3) is 0 Å². The predicted molar refractivity (Wildman–Crippen MR) is 81.5 cm³/mol. The first kappa shape index (κ1) is 18.1. The summed E-state index contributed by atoms with van der Waals surface area (Å²) in [4.78, 5) is 2.37. The van der Waals surface area contributed by atoms with Crippen LogP contribution in [-0.4, -0.2) is 61.0 Å². The Kier molecular flexibility index (Phi) is 7.87. The maximum absolute atomic E-state index is 12.1. The molecule has 1 aromatic rings. The lowest BCUT2D eigenvalue weighted by atomic mass is 10.4. The van der Waals surface area contributed by atoms with Gasteiger partial charge in [-0.1, -0.05) is 13.8 Å². The highest BCUT2D eigenvalue weighted by Crippen LogP contribution is 2.07. The number of nitrogens with zero attached hydrogens (tertiary/aromatic N) is 3. The second-order valence-corrected chi connectivity index (χ2v) is 6.62. The van der Waals surface area contributed by atoms with Gasteiger partial charge < -0.3 is 10.0 Å². The van der Waals surface area contributed by atoms with Crippen molar-refractivity contribution in [2.75, 3.05) is 32.8 Å². The van der Waals surface area contributed by atoms with Gasteiger partial charge in [0.05, 0.1) is 6.20 Å². The summed E-state index contributed by atoms with van der Waals surface area (Å²) >= 11 is 0. The third-order valence-corrected chi connectivity index (χ3v) is 4.59. The number of hydrogen-bond donors (Lipinski definition) is 2. The van der Waals surface area contributed by atoms with Crippen LogP contribution < -0.4 is 4.72 Å². The fourth-order valence-electron chi connectivity index (χ4n) is 2.00. The molecular formula is C13H26N4O3S. The summed E-state index contributed by atoms with van der Waals surface area (Å²) < 4.78 is 28.4. The number of aryl methyl sites for hydroxylation is 1. The molecule has 0 saturated carbocycles. The smallest absolute Gasteiger partial charge is 0.243 e. The summed E-state index contributed by atoms with van der Waals surface area (Å²) in [6.07, 6.45) is 4.43.